The van der Waals surface area contributed by atoms with Crippen LogP contribution >= 0.6 is 0 Å². The number of hydrogen-bond donors (Lipinski definition) is 2. The number of anilines is 1. The predicted molar refractivity (Wildman–Crippen MR) is 30.9 cm³/mol. The summed E-state index contributed by atoms with van der Waals surface area (Å²) in [5, 5.41) is 9.02. The molecule has 9 heavy (non-hydrogen) atoms. The number of hydrogen-bond acceptors (Lipinski definition) is 2. The van der Waals surface area contributed by atoms with Gasteiger partial charge in [0.1, 0.15) is 5.82 Å². The maximum Gasteiger partial charge on any atom is 0.230 e. The zero-order chi connectivity index (χ0) is 6.27. The van der Waals surface area contributed by atoms with Crippen molar-refractivity contribution in [2.75, 3.05) is 5.32 Å². The van der Waals surface area contributed by atoms with E-state index in [4.69, 9.17) is 0 Å². The monoisotopic (exact) mass is 123 g/mol. The molecular weight excluding hydrogens is 118 g/mol. The number of carbonyl (C=O) groups excluding carboxylic acids is 1. The third-order valence-corrected chi connectivity index (χ3v) is 1.33. The van der Waals surface area contributed by atoms with Crippen molar-refractivity contribution >= 4 is 11.7 Å². The molecule has 0 spiro atoms. The molecule has 2 N–H and O–H groups in total. The van der Waals surface area contributed by atoms with Gasteiger partial charge in [0.05, 0.1) is 12.6 Å². The van der Waals surface area contributed by atoms with Gasteiger partial charge in [-0.3, -0.25) is 9.89 Å². The summed E-state index contributed by atoms with van der Waals surface area (Å²) in [5.41, 5.74) is 0.958. The lowest BCUT2D eigenvalue weighted by Crippen LogP contribution is -2.05. The molecule has 2 heterocycles. The molecule has 0 saturated carbocycles. The highest BCUT2D eigenvalue weighted by molar-refractivity contribution is 5.97. The van der Waals surface area contributed by atoms with E-state index >= 15 is 0 Å². The van der Waals surface area contributed by atoms with Crippen LogP contribution < -0.4 is 5.32 Å². The van der Waals surface area contributed by atoms with Crippen molar-refractivity contribution in [3.05, 3.63) is 11.8 Å². The van der Waals surface area contributed by atoms with Crippen LogP contribution in [0.3, 0.4) is 0 Å². The standard InChI is InChI=1S/C5H5N3O/c9-4-1-3-2-6-8-5(3)7-4/h2H,1H2,(H2,6,7,8,9). The molecule has 1 aliphatic rings. The van der Waals surface area contributed by atoms with E-state index in [1.165, 1.54) is 0 Å². The van der Waals surface area contributed by atoms with E-state index in [1.54, 1.807) is 6.20 Å². The van der Waals surface area contributed by atoms with Gasteiger partial charge in [-0.15, -0.1) is 0 Å². The molecule has 46 valence electrons. The average Bonchev–Trinajstić information content (AvgIpc) is 2.22. The van der Waals surface area contributed by atoms with Gasteiger partial charge in [0.25, 0.3) is 0 Å². The Balaban J connectivity index is 2.49. The first-order valence-corrected chi connectivity index (χ1v) is 2.68. The molecule has 2 rings (SSSR count). The van der Waals surface area contributed by atoms with Crippen LogP contribution in [-0.2, 0) is 11.2 Å². The SMILES string of the molecule is O=C1Cc2cn[nH]c2N1. The van der Waals surface area contributed by atoms with E-state index in [0.29, 0.717) is 6.42 Å². The van der Waals surface area contributed by atoms with E-state index < -0.39 is 0 Å². The first-order valence-electron chi connectivity index (χ1n) is 2.68. The molecular formula is C5H5N3O. The molecule has 0 aromatic carbocycles. The predicted octanol–water partition coefficient (Wildman–Crippen LogP) is -0.0957. The topological polar surface area (TPSA) is 57.8 Å². The summed E-state index contributed by atoms with van der Waals surface area (Å²) in [6.45, 7) is 0. The third-order valence-electron chi connectivity index (χ3n) is 1.33. The second-order valence-electron chi connectivity index (χ2n) is 2.00. The fourth-order valence-corrected chi connectivity index (χ4v) is 0.910. The number of fused-ring (bicyclic) bond motifs is 1. The number of aromatic nitrogens is 2. The Morgan fingerprint density at radius 2 is 2.56 bits per heavy atom. The van der Waals surface area contributed by atoms with Gasteiger partial charge in [0.15, 0.2) is 0 Å². The molecule has 0 aliphatic carbocycles. The summed E-state index contributed by atoms with van der Waals surface area (Å²) < 4.78 is 0. The lowest BCUT2D eigenvalue weighted by molar-refractivity contribution is -0.115. The summed E-state index contributed by atoms with van der Waals surface area (Å²) in [6, 6.07) is 0. The number of aromatic amines is 1. The second-order valence-corrected chi connectivity index (χ2v) is 2.00. The zero-order valence-corrected chi connectivity index (χ0v) is 4.64. The summed E-state index contributed by atoms with van der Waals surface area (Å²) >= 11 is 0. The fourth-order valence-electron chi connectivity index (χ4n) is 0.910. The zero-order valence-electron chi connectivity index (χ0n) is 4.64. The Labute approximate surface area is 51.3 Å². The second kappa shape index (κ2) is 1.34. The maximum atomic E-state index is 10.6. The van der Waals surface area contributed by atoms with Gasteiger partial charge >= 0.3 is 0 Å². The van der Waals surface area contributed by atoms with Crippen LogP contribution in [0.1, 0.15) is 5.56 Å². The normalized spacial score (nSPS) is 15.3. The number of nitrogens with zero attached hydrogens (tertiary/aromatic N) is 1. The van der Waals surface area contributed by atoms with Crippen LogP contribution in [0.5, 0.6) is 0 Å². The Bertz CT molecular complexity index is 230. The minimum Gasteiger partial charge on any atom is -0.311 e. The molecule has 1 aliphatic heterocycles. The van der Waals surface area contributed by atoms with Gasteiger partial charge in [0, 0.05) is 5.56 Å². The van der Waals surface area contributed by atoms with Crippen molar-refractivity contribution < 1.29 is 4.79 Å². The van der Waals surface area contributed by atoms with Gasteiger partial charge < -0.3 is 5.32 Å². The maximum absolute atomic E-state index is 10.6. The molecule has 0 radical (unpaired) electrons. The van der Waals surface area contributed by atoms with Crippen LogP contribution in [0.15, 0.2) is 6.20 Å². The van der Waals surface area contributed by atoms with Gasteiger partial charge in [-0.1, -0.05) is 0 Å². The van der Waals surface area contributed by atoms with E-state index in [-0.39, 0.29) is 5.91 Å². The Hall–Kier alpha value is -1.32. The van der Waals surface area contributed by atoms with Crippen molar-refractivity contribution in [1.29, 1.82) is 0 Å². The molecule has 4 nitrogen and oxygen atoms in total. The smallest absolute Gasteiger partial charge is 0.230 e. The van der Waals surface area contributed by atoms with Crippen molar-refractivity contribution in [2.24, 2.45) is 0 Å². The molecule has 0 atom stereocenters. The van der Waals surface area contributed by atoms with Gasteiger partial charge in [-0.2, -0.15) is 5.10 Å². The van der Waals surface area contributed by atoms with E-state index in [1.807, 2.05) is 0 Å². The number of rotatable bonds is 0. The quantitative estimate of drug-likeness (QED) is 0.506. The van der Waals surface area contributed by atoms with E-state index in [9.17, 15) is 4.79 Å². The summed E-state index contributed by atoms with van der Waals surface area (Å²) in [6.07, 6.45) is 2.12. The number of amides is 1. The fraction of sp³-hybridized carbons (Fsp3) is 0.200. The van der Waals surface area contributed by atoms with Crippen molar-refractivity contribution in [3.63, 3.8) is 0 Å². The van der Waals surface area contributed by atoms with Gasteiger partial charge in [0.2, 0.25) is 5.91 Å². The lowest BCUT2D eigenvalue weighted by Gasteiger charge is -1.85. The highest BCUT2D eigenvalue weighted by Crippen LogP contribution is 2.17. The number of H-pyrrole nitrogens is 1. The molecule has 0 fully saturated rings. The van der Waals surface area contributed by atoms with Crippen LogP contribution in [0.2, 0.25) is 0 Å². The molecule has 1 amide bonds. The molecule has 0 bridgehead atoms. The van der Waals surface area contributed by atoms with E-state index in [0.717, 1.165) is 11.4 Å². The van der Waals surface area contributed by atoms with Crippen LogP contribution in [0.4, 0.5) is 5.82 Å². The Morgan fingerprint density at radius 1 is 1.67 bits per heavy atom. The summed E-state index contributed by atoms with van der Waals surface area (Å²) in [7, 11) is 0. The lowest BCUT2D eigenvalue weighted by atomic mass is 10.3. The first-order chi connectivity index (χ1) is 4.36. The Kier molecular flexibility index (Phi) is 0.677. The number of nitrogens with one attached hydrogen (secondary N) is 2. The van der Waals surface area contributed by atoms with Crippen LogP contribution in [0.25, 0.3) is 0 Å². The highest BCUT2D eigenvalue weighted by atomic mass is 16.1. The molecule has 1 aromatic heterocycles. The van der Waals surface area contributed by atoms with Crippen molar-refractivity contribution in [1.82, 2.24) is 10.2 Å². The minimum absolute atomic E-state index is 0.0404. The number of carbonyl (C=O) groups is 1. The van der Waals surface area contributed by atoms with Crippen molar-refractivity contribution in [2.45, 2.75) is 6.42 Å². The minimum atomic E-state index is 0.0404. The average molecular weight is 123 g/mol. The van der Waals surface area contributed by atoms with Crippen LogP contribution in [0, 0.1) is 0 Å². The molecule has 4 heteroatoms. The van der Waals surface area contributed by atoms with Crippen LogP contribution in [-0.4, -0.2) is 16.1 Å². The first kappa shape index (κ1) is 4.55. The van der Waals surface area contributed by atoms with Gasteiger partial charge in [-0.05, 0) is 0 Å². The van der Waals surface area contributed by atoms with Gasteiger partial charge in [-0.25, -0.2) is 0 Å². The third kappa shape index (κ3) is 0.526. The molecule has 0 saturated heterocycles. The largest absolute Gasteiger partial charge is 0.311 e. The van der Waals surface area contributed by atoms with Crippen molar-refractivity contribution in [3.8, 4) is 0 Å². The van der Waals surface area contributed by atoms with E-state index in [2.05, 4.69) is 15.5 Å². The summed E-state index contributed by atoms with van der Waals surface area (Å²) in [4.78, 5) is 10.6. The summed E-state index contributed by atoms with van der Waals surface area (Å²) in [5.74, 6) is 0.790. The molecule has 0 unspecified atom stereocenters. The Morgan fingerprint density at radius 3 is 3.33 bits per heavy atom. The highest BCUT2D eigenvalue weighted by Gasteiger charge is 2.18. The molecule has 1 aromatic rings.